The molecule has 0 radical (unpaired) electrons. The summed E-state index contributed by atoms with van der Waals surface area (Å²) in [4.78, 5) is 25.3. The van der Waals surface area contributed by atoms with Crippen molar-refractivity contribution in [2.24, 2.45) is 0 Å². The van der Waals surface area contributed by atoms with Crippen molar-refractivity contribution in [2.75, 3.05) is 19.4 Å². The average Bonchev–Trinajstić information content (AvgIpc) is 2.87. The molecule has 1 atom stereocenters. The first-order chi connectivity index (χ1) is 8.63. The number of thioether (sulfide) groups is 1. The summed E-state index contributed by atoms with van der Waals surface area (Å²) < 4.78 is 4.69. The summed E-state index contributed by atoms with van der Waals surface area (Å²) in [7, 11) is 1.33. The van der Waals surface area contributed by atoms with Gasteiger partial charge in [-0.2, -0.15) is 0 Å². The summed E-state index contributed by atoms with van der Waals surface area (Å²) in [5, 5.41) is 0.0324. The summed E-state index contributed by atoms with van der Waals surface area (Å²) in [6, 6.07) is 6.63. The van der Waals surface area contributed by atoms with Crippen molar-refractivity contribution in [2.45, 2.75) is 5.37 Å². The number of esters is 1. The van der Waals surface area contributed by atoms with E-state index in [1.54, 1.807) is 24.3 Å². The van der Waals surface area contributed by atoms with Crippen LogP contribution in [0.15, 0.2) is 24.3 Å². The van der Waals surface area contributed by atoms with Gasteiger partial charge < -0.3 is 9.64 Å². The van der Waals surface area contributed by atoms with Gasteiger partial charge in [-0.3, -0.25) is 4.79 Å². The molecule has 1 aliphatic rings. The second-order valence-corrected chi connectivity index (χ2v) is 5.38. The van der Waals surface area contributed by atoms with Crippen LogP contribution >= 0.6 is 23.4 Å². The number of hydrogen-bond acceptors (Lipinski definition) is 4. The third-order valence-electron chi connectivity index (χ3n) is 2.65. The van der Waals surface area contributed by atoms with Crippen LogP contribution in [0.1, 0.15) is 10.4 Å². The van der Waals surface area contributed by atoms with Gasteiger partial charge in [0.15, 0.2) is 5.37 Å². The van der Waals surface area contributed by atoms with E-state index >= 15 is 0 Å². The molecule has 0 unspecified atom stereocenters. The fraction of sp³-hybridized carbons (Fsp3) is 0.333. The van der Waals surface area contributed by atoms with Crippen molar-refractivity contribution >= 4 is 35.2 Å². The van der Waals surface area contributed by atoms with E-state index in [-0.39, 0.29) is 11.9 Å². The topological polar surface area (TPSA) is 46.6 Å². The van der Waals surface area contributed by atoms with Gasteiger partial charge in [-0.25, -0.2) is 4.79 Å². The van der Waals surface area contributed by atoms with E-state index in [0.29, 0.717) is 17.1 Å². The van der Waals surface area contributed by atoms with Gasteiger partial charge in [0.05, 0.1) is 7.11 Å². The van der Waals surface area contributed by atoms with Crippen LogP contribution in [0.3, 0.4) is 0 Å². The Morgan fingerprint density at radius 3 is 2.67 bits per heavy atom. The van der Waals surface area contributed by atoms with Crippen LogP contribution < -0.4 is 0 Å². The van der Waals surface area contributed by atoms with Crippen molar-refractivity contribution in [1.82, 2.24) is 4.90 Å². The lowest BCUT2D eigenvalue weighted by molar-refractivity contribution is -0.142. The first kappa shape index (κ1) is 13.2. The number of benzene rings is 1. The minimum absolute atomic E-state index is 0.174. The van der Waals surface area contributed by atoms with Gasteiger partial charge >= 0.3 is 5.97 Å². The van der Waals surface area contributed by atoms with Gasteiger partial charge in [0.1, 0.15) is 0 Å². The smallest absolute Gasteiger partial charge is 0.339 e. The lowest BCUT2D eigenvalue weighted by Crippen LogP contribution is -2.39. The van der Waals surface area contributed by atoms with E-state index in [9.17, 15) is 9.59 Å². The Balaban J connectivity index is 2.17. The fourth-order valence-corrected chi connectivity index (χ4v) is 3.00. The third kappa shape index (κ3) is 2.62. The quantitative estimate of drug-likeness (QED) is 0.780. The SMILES string of the molecule is COC(=O)[C@H]1SCCN1C(=O)c1ccc(Cl)cc1. The lowest BCUT2D eigenvalue weighted by Gasteiger charge is -2.21. The third-order valence-corrected chi connectivity index (χ3v) is 4.08. The number of carbonyl (C=O) groups excluding carboxylic acids is 2. The molecule has 1 aliphatic heterocycles. The van der Waals surface area contributed by atoms with Gasteiger partial charge in [-0.05, 0) is 24.3 Å². The minimum Gasteiger partial charge on any atom is -0.467 e. The molecule has 1 amide bonds. The molecule has 0 bridgehead atoms. The van der Waals surface area contributed by atoms with Crippen molar-refractivity contribution in [1.29, 1.82) is 0 Å². The molecule has 0 aliphatic carbocycles. The van der Waals surface area contributed by atoms with E-state index in [4.69, 9.17) is 16.3 Å². The van der Waals surface area contributed by atoms with Gasteiger partial charge in [0.2, 0.25) is 0 Å². The zero-order valence-corrected chi connectivity index (χ0v) is 11.3. The molecular formula is C12H12ClNO3S. The Labute approximate surface area is 114 Å². The van der Waals surface area contributed by atoms with Crippen LogP contribution in [0.25, 0.3) is 0 Å². The molecule has 0 saturated carbocycles. The molecule has 1 aromatic rings. The van der Waals surface area contributed by atoms with E-state index in [2.05, 4.69) is 0 Å². The van der Waals surface area contributed by atoms with E-state index in [0.717, 1.165) is 5.75 Å². The van der Waals surface area contributed by atoms with Crippen LogP contribution in [0.5, 0.6) is 0 Å². The molecule has 1 saturated heterocycles. The van der Waals surface area contributed by atoms with Gasteiger partial charge in [-0.1, -0.05) is 11.6 Å². The lowest BCUT2D eigenvalue weighted by atomic mass is 10.2. The Bertz CT molecular complexity index is 463. The maximum absolute atomic E-state index is 12.3. The summed E-state index contributed by atoms with van der Waals surface area (Å²) in [6.45, 7) is 0.548. The number of rotatable bonds is 2. The Kier molecular flexibility index (Phi) is 4.14. The van der Waals surface area contributed by atoms with Crippen molar-refractivity contribution in [3.05, 3.63) is 34.9 Å². The van der Waals surface area contributed by atoms with E-state index in [1.807, 2.05) is 0 Å². The molecule has 4 nitrogen and oxygen atoms in total. The van der Waals surface area contributed by atoms with E-state index < -0.39 is 5.37 Å². The first-order valence-electron chi connectivity index (χ1n) is 5.39. The summed E-state index contributed by atoms with van der Waals surface area (Å²) in [5.74, 6) is 0.172. The normalized spacial score (nSPS) is 18.8. The largest absolute Gasteiger partial charge is 0.467 e. The molecule has 0 aromatic heterocycles. The fourth-order valence-electron chi connectivity index (χ4n) is 1.73. The molecule has 0 spiro atoms. The highest BCUT2D eigenvalue weighted by molar-refractivity contribution is 8.00. The number of halogens is 1. The number of carbonyl (C=O) groups is 2. The molecule has 6 heteroatoms. The molecule has 2 rings (SSSR count). The Hall–Kier alpha value is -1.20. The standard InChI is InChI=1S/C12H12ClNO3S/c1-17-12(16)11-14(6-7-18-11)10(15)8-2-4-9(13)5-3-8/h2-5,11H,6-7H2,1H3/t11-/m1/s1. The number of hydrogen-bond donors (Lipinski definition) is 0. The number of amides is 1. The van der Waals surface area contributed by atoms with Crippen molar-refractivity contribution < 1.29 is 14.3 Å². The van der Waals surface area contributed by atoms with Crippen LogP contribution in [0.4, 0.5) is 0 Å². The van der Waals surface area contributed by atoms with Gasteiger partial charge in [0.25, 0.3) is 5.91 Å². The van der Waals surface area contributed by atoms with Crippen molar-refractivity contribution in [3.63, 3.8) is 0 Å². The van der Waals surface area contributed by atoms with Crippen LogP contribution in [0.2, 0.25) is 5.02 Å². The number of nitrogens with zero attached hydrogens (tertiary/aromatic N) is 1. The van der Waals surface area contributed by atoms with Crippen LogP contribution in [-0.2, 0) is 9.53 Å². The summed E-state index contributed by atoms with van der Waals surface area (Å²) in [5.41, 5.74) is 0.524. The monoisotopic (exact) mass is 285 g/mol. The highest BCUT2D eigenvalue weighted by Crippen LogP contribution is 2.26. The minimum atomic E-state index is -0.543. The highest BCUT2D eigenvalue weighted by atomic mass is 35.5. The Morgan fingerprint density at radius 1 is 1.39 bits per heavy atom. The molecule has 1 fully saturated rings. The van der Waals surface area contributed by atoms with Gasteiger partial charge in [-0.15, -0.1) is 11.8 Å². The molecule has 1 heterocycles. The molecule has 18 heavy (non-hydrogen) atoms. The molecule has 0 N–H and O–H groups in total. The molecular weight excluding hydrogens is 274 g/mol. The summed E-state index contributed by atoms with van der Waals surface area (Å²) in [6.07, 6.45) is 0. The van der Waals surface area contributed by atoms with Gasteiger partial charge in [0, 0.05) is 22.9 Å². The molecule has 96 valence electrons. The second kappa shape index (κ2) is 5.63. The Morgan fingerprint density at radius 2 is 2.06 bits per heavy atom. The zero-order valence-electron chi connectivity index (χ0n) is 9.76. The number of ether oxygens (including phenoxy) is 1. The predicted molar refractivity (Wildman–Crippen MR) is 70.8 cm³/mol. The summed E-state index contributed by atoms with van der Waals surface area (Å²) >= 11 is 7.19. The van der Waals surface area contributed by atoms with Crippen LogP contribution in [0, 0.1) is 0 Å². The average molecular weight is 286 g/mol. The maximum atomic E-state index is 12.3. The van der Waals surface area contributed by atoms with Crippen LogP contribution in [-0.4, -0.2) is 41.6 Å². The maximum Gasteiger partial charge on any atom is 0.339 e. The highest BCUT2D eigenvalue weighted by Gasteiger charge is 2.35. The van der Waals surface area contributed by atoms with Crippen molar-refractivity contribution in [3.8, 4) is 0 Å². The molecule has 1 aromatic carbocycles. The predicted octanol–water partition coefficient (Wildman–Crippen LogP) is 2.03. The number of methoxy groups -OCH3 is 1. The zero-order chi connectivity index (χ0) is 13.1. The first-order valence-corrected chi connectivity index (χ1v) is 6.82. The van der Waals surface area contributed by atoms with E-state index in [1.165, 1.54) is 23.8 Å². The second-order valence-electron chi connectivity index (χ2n) is 3.75.